The average Bonchev–Trinajstić information content (AvgIpc) is 2.17. The molecule has 0 radical (unpaired) electrons. The lowest BCUT2D eigenvalue weighted by molar-refractivity contribution is -0.0594. The van der Waals surface area contributed by atoms with Crippen molar-refractivity contribution < 1.29 is 19.4 Å². The first kappa shape index (κ1) is 21.4. The van der Waals surface area contributed by atoms with Crippen LogP contribution in [-0.4, -0.2) is 53.3 Å². The monoisotopic (exact) mass is 333 g/mol. The number of rotatable bonds is 5. The fourth-order valence-electron chi connectivity index (χ4n) is 1.99. The zero-order valence-electron chi connectivity index (χ0n) is 15.9. The van der Waals surface area contributed by atoms with Gasteiger partial charge in [0.2, 0.25) is 0 Å². The largest absolute Gasteiger partial charge is 0.465 e. The Morgan fingerprint density at radius 1 is 1.09 bits per heavy atom. The van der Waals surface area contributed by atoms with Crippen LogP contribution in [0.2, 0.25) is 18.1 Å². The van der Waals surface area contributed by atoms with Crippen molar-refractivity contribution in [3.63, 3.8) is 0 Å². The van der Waals surface area contributed by atoms with Crippen LogP contribution in [-0.2, 0) is 4.43 Å². The van der Waals surface area contributed by atoms with E-state index in [0.29, 0.717) is 0 Å². The van der Waals surface area contributed by atoms with Gasteiger partial charge in [-0.25, -0.2) is 4.79 Å². The highest BCUT2D eigenvalue weighted by Gasteiger charge is 2.44. The summed E-state index contributed by atoms with van der Waals surface area (Å²) in [6, 6.07) is -0.626. The number of hydrogen-bond acceptors (Lipinski definition) is 3. The lowest BCUT2D eigenvalue weighted by Crippen LogP contribution is -2.61. The molecule has 0 spiro atoms. The van der Waals surface area contributed by atoms with Gasteiger partial charge in [0.25, 0.3) is 0 Å². The van der Waals surface area contributed by atoms with Crippen LogP contribution < -0.4 is 0 Å². The summed E-state index contributed by atoms with van der Waals surface area (Å²) >= 11 is 0. The Morgan fingerprint density at radius 2 is 1.50 bits per heavy atom. The Labute approximate surface area is 136 Å². The van der Waals surface area contributed by atoms with Gasteiger partial charge < -0.3 is 14.6 Å². The number of nitrogens with zero attached hydrogens (tertiary/aromatic N) is 1. The third kappa shape index (κ3) is 5.55. The van der Waals surface area contributed by atoms with Gasteiger partial charge in [-0.05, 0) is 52.8 Å². The SMILES string of the molecule is CC(C)(O)[C@@H](CO[Si](C)(C)C(C)(C)C)N(C(=O)O)C(C)(C)C. The maximum Gasteiger partial charge on any atom is 0.408 e. The summed E-state index contributed by atoms with van der Waals surface area (Å²) in [5.41, 5.74) is -1.80. The molecule has 0 saturated carbocycles. The van der Waals surface area contributed by atoms with Crippen molar-refractivity contribution in [1.82, 2.24) is 4.90 Å². The second-order valence-corrected chi connectivity index (χ2v) is 13.9. The molecule has 22 heavy (non-hydrogen) atoms. The smallest absolute Gasteiger partial charge is 0.408 e. The number of hydrogen-bond donors (Lipinski definition) is 2. The molecule has 0 aromatic carbocycles. The summed E-state index contributed by atoms with van der Waals surface area (Å²) in [6.45, 7) is 19.6. The first-order valence-corrected chi connectivity index (χ1v) is 10.7. The predicted octanol–water partition coefficient (Wildman–Crippen LogP) is 3.93. The van der Waals surface area contributed by atoms with E-state index >= 15 is 0 Å². The summed E-state index contributed by atoms with van der Waals surface area (Å²) in [5.74, 6) is 0. The average molecular weight is 334 g/mol. The van der Waals surface area contributed by atoms with Crippen LogP contribution in [0.25, 0.3) is 0 Å². The van der Waals surface area contributed by atoms with Gasteiger partial charge >= 0.3 is 6.09 Å². The second-order valence-electron chi connectivity index (χ2n) is 9.06. The van der Waals surface area contributed by atoms with Crippen LogP contribution >= 0.6 is 0 Å². The van der Waals surface area contributed by atoms with Gasteiger partial charge in [0.1, 0.15) is 0 Å². The van der Waals surface area contributed by atoms with Crippen molar-refractivity contribution in [1.29, 1.82) is 0 Å². The molecule has 0 heterocycles. The third-order valence-corrected chi connectivity index (χ3v) is 8.96. The summed E-state index contributed by atoms with van der Waals surface area (Å²) in [6.07, 6.45) is -1.04. The van der Waals surface area contributed by atoms with E-state index in [1.165, 1.54) is 4.90 Å². The minimum Gasteiger partial charge on any atom is -0.465 e. The molecule has 0 aliphatic rings. The minimum atomic E-state index is -2.02. The molecule has 0 fully saturated rings. The lowest BCUT2D eigenvalue weighted by Gasteiger charge is -2.46. The second kappa shape index (κ2) is 6.49. The Kier molecular flexibility index (Phi) is 6.32. The fourth-order valence-corrected chi connectivity index (χ4v) is 2.99. The van der Waals surface area contributed by atoms with Gasteiger partial charge in [-0.3, -0.25) is 4.90 Å². The normalized spacial score (nSPS) is 15.6. The van der Waals surface area contributed by atoms with Crippen LogP contribution in [0.15, 0.2) is 0 Å². The molecule has 0 aromatic rings. The standard InChI is InChI=1S/C16H35NO4Si/c1-14(2,3)17(13(18)19)12(16(7,8)20)11-21-22(9,10)15(4,5)6/h12,20H,11H2,1-10H3,(H,18,19)/t12-/m1/s1. The van der Waals surface area contributed by atoms with Crippen LogP contribution in [0.1, 0.15) is 55.4 Å². The van der Waals surface area contributed by atoms with Crippen molar-refractivity contribution in [2.45, 2.75) is 90.7 Å². The highest BCUT2D eigenvalue weighted by Crippen LogP contribution is 2.37. The summed E-state index contributed by atoms with van der Waals surface area (Å²) in [5, 5.41) is 20.1. The molecule has 0 unspecified atom stereocenters. The highest BCUT2D eigenvalue weighted by atomic mass is 28.4. The van der Waals surface area contributed by atoms with Crippen molar-refractivity contribution in [3.8, 4) is 0 Å². The minimum absolute atomic E-state index is 0.0347. The molecule has 1 amide bonds. The van der Waals surface area contributed by atoms with Crippen LogP contribution in [0.5, 0.6) is 0 Å². The maximum atomic E-state index is 11.7. The van der Waals surface area contributed by atoms with E-state index in [0.717, 1.165) is 0 Å². The van der Waals surface area contributed by atoms with Crippen molar-refractivity contribution >= 4 is 14.4 Å². The fraction of sp³-hybridized carbons (Fsp3) is 0.938. The van der Waals surface area contributed by atoms with Gasteiger partial charge in [-0.1, -0.05) is 20.8 Å². The first-order chi connectivity index (χ1) is 9.41. The van der Waals surface area contributed by atoms with E-state index in [-0.39, 0.29) is 11.6 Å². The van der Waals surface area contributed by atoms with Gasteiger partial charge in [0.05, 0.1) is 18.2 Å². The first-order valence-electron chi connectivity index (χ1n) is 7.80. The summed E-state index contributed by atoms with van der Waals surface area (Å²) in [4.78, 5) is 13.0. The van der Waals surface area contributed by atoms with E-state index in [2.05, 4.69) is 33.9 Å². The molecular weight excluding hydrogens is 298 g/mol. The summed E-state index contributed by atoms with van der Waals surface area (Å²) < 4.78 is 6.18. The van der Waals surface area contributed by atoms with Crippen LogP contribution in [0.3, 0.4) is 0 Å². The molecular formula is C16H35NO4Si. The van der Waals surface area contributed by atoms with E-state index in [1.54, 1.807) is 13.8 Å². The van der Waals surface area contributed by atoms with Crippen molar-refractivity contribution in [2.24, 2.45) is 0 Å². The highest BCUT2D eigenvalue weighted by molar-refractivity contribution is 6.74. The van der Waals surface area contributed by atoms with Gasteiger partial charge in [0, 0.05) is 5.54 Å². The van der Waals surface area contributed by atoms with Gasteiger partial charge in [0.15, 0.2) is 8.32 Å². The predicted molar refractivity (Wildman–Crippen MR) is 92.9 cm³/mol. The van der Waals surface area contributed by atoms with Crippen LogP contribution in [0, 0.1) is 0 Å². The number of aliphatic hydroxyl groups is 1. The number of carbonyl (C=O) groups is 1. The van der Waals surface area contributed by atoms with E-state index in [9.17, 15) is 15.0 Å². The molecule has 132 valence electrons. The number of amides is 1. The van der Waals surface area contributed by atoms with Crippen LogP contribution in [0.4, 0.5) is 4.79 Å². The Morgan fingerprint density at radius 3 is 1.73 bits per heavy atom. The zero-order valence-corrected chi connectivity index (χ0v) is 16.9. The van der Waals surface area contributed by atoms with Gasteiger partial charge in [-0.15, -0.1) is 0 Å². The van der Waals surface area contributed by atoms with Crippen molar-refractivity contribution in [3.05, 3.63) is 0 Å². The number of carboxylic acid groups (broad SMARTS) is 1. The maximum absolute atomic E-state index is 11.7. The molecule has 6 heteroatoms. The third-order valence-electron chi connectivity index (χ3n) is 4.46. The Balaban J connectivity index is 5.47. The molecule has 0 aromatic heterocycles. The Bertz CT molecular complexity index is 388. The molecule has 1 atom stereocenters. The quantitative estimate of drug-likeness (QED) is 0.748. The molecule has 0 bridgehead atoms. The van der Waals surface area contributed by atoms with E-state index in [1.807, 2.05) is 20.8 Å². The van der Waals surface area contributed by atoms with E-state index < -0.39 is 31.6 Å². The molecule has 0 rings (SSSR count). The van der Waals surface area contributed by atoms with Gasteiger partial charge in [-0.2, -0.15) is 0 Å². The zero-order chi connectivity index (χ0) is 18.1. The molecule has 0 saturated heterocycles. The van der Waals surface area contributed by atoms with E-state index in [4.69, 9.17) is 4.43 Å². The molecule has 0 aliphatic carbocycles. The summed E-state index contributed by atoms with van der Waals surface area (Å²) in [7, 11) is -2.02. The topological polar surface area (TPSA) is 70.0 Å². The van der Waals surface area contributed by atoms with Crippen molar-refractivity contribution in [2.75, 3.05) is 6.61 Å². The molecule has 2 N–H and O–H groups in total. The molecule has 5 nitrogen and oxygen atoms in total. The molecule has 0 aliphatic heterocycles. The Hall–Kier alpha value is -0.593. The lowest BCUT2D eigenvalue weighted by atomic mass is 9.93.